The lowest BCUT2D eigenvalue weighted by atomic mass is 10.2. The number of H-pyrrole nitrogens is 2. The van der Waals surface area contributed by atoms with Gasteiger partial charge in [-0.1, -0.05) is 24.3 Å². The van der Waals surface area contributed by atoms with Gasteiger partial charge >= 0.3 is 0 Å². The van der Waals surface area contributed by atoms with Crippen molar-refractivity contribution in [2.45, 2.75) is 6.42 Å². The number of imidazole rings is 2. The largest absolute Gasteiger partial charge is 0.338 e. The first kappa shape index (κ1) is 21.2. The van der Waals surface area contributed by atoms with E-state index in [0.717, 1.165) is 39.6 Å². The molecule has 0 saturated heterocycles. The van der Waals surface area contributed by atoms with E-state index >= 15 is 0 Å². The molecule has 0 aliphatic heterocycles. The number of hydrogen-bond acceptors (Lipinski definition) is 7. The molecular weight excluding hydrogens is 456 g/mol. The van der Waals surface area contributed by atoms with E-state index in [1.54, 1.807) is 23.5 Å². The Balaban J connectivity index is 0.000000142. The number of aromatic amines is 2. The first-order chi connectivity index (χ1) is 16.5. The molecule has 168 valence electrons. The van der Waals surface area contributed by atoms with Gasteiger partial charge in [-0.05, 0) is 35.6 Å². The van der Waals surface area contributed by atoms with Crippen LogP contribution < -0.4 is 0 Å². The van der Waals surface area contributed by atoms with Gasteiger partial charge in [0.1, 0.15) is 11.6 Å². The zero-order chi connectivity index (χ0) is 23.7. The fraction of sp³-hybridized carbons (Fsp3) is 0.0435. The second kappa shape index (κ2) is 8.71. The van der Waals surface area contributed by atoms with Crippen LogP contribution in [0, 0.1) is 20.2 Å². The second-order valence-electron chi connectivity index (χ2n) is 7.39. The average molecular weight is 472 g/mol. The maximum atomic E-state index is 10.7. The highest BCUT2D eigenvalue weighted by Gasteiger charge is 2.13. The Labute approximate surface area is 195 Å². The van der Waals surface area contributed by atoms with E-state index in [9.17, 15) is 20.2 Å². The molecule has 3 heterocycles. The minimum atomic E-state index is -0.412. The number of nitrogens with zero attached hydrogens (tertiary/aromatic N) is 4. The summed E-state index contributed by atoms with van der Waals surface area (Å²) in [6, 6.07) is 13.1. The van der Waals surface area contributed by atoms with Gasteiger partial charge in [0.25, 0.3) is 11.4 Å². The lowest BCUT2D eigenvalue weighted by Crippen LogP contribution is -1.86. The van der Waals surface area contributed by atoms with Gasteiger partial charge in [0, 0.05) is 24.3 Å². The number of thiophene rings is 1. The Kier molecular flexibility index (Phi) is 5.44. The summed E-state index contributed by atoms with van der Waals surface area (Å²) in [7, 11) is 0. The number of nitro groups is 2. The van der Waals surface area contributed by atoms with Crippen LogP contribution in [-0.4, -0.2) is 29.8 Å². The molecule has 0 atom stereocenters. The van der Waals surface area contributed by atoms with Crippen LogP contribution in [0.5, 0.6) is 0 Å². The summed E-state index contributed by atoms with van der Waals surface area (Å²) >= 11 is 1.57. The molecular formula is C23H16N6O4S. The van der Waals surface area contributed by atoms with Gasteiger partial charge in [0.2, 0.25) is 0 Å². The van der Waals surface area contributed by atoms with Crippen LogP contribution >= 0.6 is 11.3 Å². The molecule has 0 fully saturated rings. The normalized spacial score (nSPS) is 12.5. The van der Waals surface area contributed by atoms with Gasteiger partial charge in [0.15, 0.2) is 0 Å². The van der Waals surface area contributed by atoms with Crippen LogP contribution in [-0.2, 0) is 0 Å². The number of allylic oxidation sites excluding steroid dienone is 4. The molecule has 5 aromatic rings. The van der Waals surface area contributed by atoms with E-state index in [0.29, 0.717) is 11.0 Å². The molecule has 1 aliphatic rings. The number of nitrogens with one attached hydrogen (secondary N) is 2. The highest BCUT2D eigenvalue weighted by molar-refractivity contribution is 7.13. The fourth-order valence-electron chi connectivity index (χ4n) is 3.53. The summed E-state index contributed by atoms with van der Waals surface area (Å²) in [6.07, 6.45) is 6.87. The third-order valence-electron chi connectivity index (χ3n) is 5.18. The first-order valence-corrected chi connectivity index (χ1v) is 11.0. The van der Waals surface area contributed by atoms with Crippen molar-refractivity contribution >= 4 is 50.4 Å². The molecule has 2 aromatic carbocycles. The third-order valence-corrected chi connectivity index (χ3v) is 6.06. The molecule has 6 rings (SSSR count). The molecule has 1 aliphatic carbocycles. The third kappa shape index (κ3) is 4.19. The van der Waals surface area contributed by atoms with Crippen molar-refractivity contribution in [1.29, 1.82) is 0 Å². The zero-order valence-corrected chi connectivity index (χ0v) is 18.3. The lowest BCUT2D eigenvalue weighted by molar-refractivity contribution is -0.384. The van der Waals surface area contributed by atoms with Gasteiger partial charge in [-0.2, -0.15) is 0 Å². The van der Waals surface area contributed by atoms with Crippen LogP contribution in [0.15, 0.2) is 72.1 Å². The molecule has 0 radical (unpaired) electrons. The highest BCUT2D eigenvalue weighted by Crippen LogP contribution is 2.27. The van der Waals surface area contributed by atoms with E-state index in [4.69, 9.17) is 0 Å². The minimum Gasteiger partial charge on any atom is -0.338 e. The molecule has 11 heteroatoms. The Morgan fingerprint density at radius 3 is 2.00 bits per heavy atom. The monoisotopic (exact) mass is 472 g/mol. The summed E-state index contributed by atoms with van der Waals surface area (Å²) in [5, 5.41) is 23.3. The second-order valence-corrected chi connectivity index (χ2v) is 8.34. The van der Waals surface area contributed by atoms with Crippen LogP contribution in [0.3, 0.4) is 0 Å². The van der Waals surface area contributed by atoms with Gasteiger partial charge in [-0.15, -0.1) is 11.3 Å². The summed E-state index contributed by atoms with van der Waals surface area (Å²) in [4.78, 5) is 36.5. The fourth-order valence-corrected chi connectivity index (χ4v) is 4.20. The number of non-ortho nitro benzene ring substituents is 2. The van der Waals surface area contributed by atoms with Crippen molar-refractivity contribution in [2.75, 3.05) is 0 Å². The summed E-state index contributed by atoms with van der Waals surface area (Å²) in [5.41, 5.74) is 4.11. The minimum absolute atomic E-state index is 0.0684. The van der Waals surface area contributed by atoms with Crippen LogP contribution in [0.25, 0.3) is 38.3 Å². The summed E-state index contributed by atoms with van der Waals surface area (Å²) in [6.45, 7) is 0. The van der Waals surface area contributed by atoms with Gasteiger partial charge in [0.05, 0.1) is 36.8 Å². The number of benzene rings is 2. The van der Waals surface area contributed by atoms with Gasteiger partial charge in [-0.3, -0.25) is 20.2 Å². The number of aromatic nitrogens is 4. The van der Waals surface area contributed by atoms with E-state index in [2.05, 4.69) is 19.9 Å². The van der Waals surface area contributed by atoms with Crippen LogP contribution in [0.1, 0.15) is 12.2 Å². The van der Waals surface area contributed by atoms with Crippen molar-refractivity contribution in [3.63, 3.8) is 0 Å². The highest BCUT2D eigenvalue weighted by atomic mass is 32.1. The quantitative estimate of drug-likeness (QED) is 0.242. The molecule has 0 bridgehead atoms. The van der Waals surface area contributed by atoms with Crippen molar-refractivity contribution < 1.29 is 9.85 Å². The standard InChI is InChI=1S/C12H9N3O2.C11H7N3O2S/c16-15(17)9-5-6-10-11(7-9)14-12(13-10)8-3-1-2-4-8;15-14(16)7-3-4-8-9(6-7)13-11(12-8)10-2-1-5-17-10/h1-3,5-7H,4H2,(H,13,14);1-6H,(H,12,13). The molecule has 0 spiro atoms. The van der Waals surface area contributed by atoms with E-state index in [-0.39, 0.29) is 11.4 Å². The molecule has 0 unspecified atom stereocenters. The predicted molar refractivity (Wildman–Crippen MR) is 131 cm³/mol. The van der Waals surface area contributed by atoms with Gasteiger partial charge in [-0.25, -0.2) is 9.97 Å². The number of nitro benzene ring substituents is 2. The average Bonchev–Trinajstić information content (AvgIpc) is 3.62. The van der Waals surface area contributed by atoms with Crippen molar-refractivity contribution in [2.24, 2.45) is 0 Å². The Morgan fingerprint density at radius 2 is 1.47 bits per heavy atom. The van der Waals surface area contributed by atoms with Crippen molar-refractivity contribution in [3.8, 4) is 10.7 Å². The van der Waals surface area contributed by atoms with Crippen molar-refractivity contribution in [1.82, 2.24) is 19.9 Å². The molecule has 0 amide bonds. The number of rotatable bonds is 4. The predicted octanol–water partition coefficient (Wildman–Crippen LogP) is 6.01. The van der Waals surface area contributed by atoms with Crippen molar-refractivity contribution in [3.05, 3.63) is 98.2 Å². The maximum absolute atomic E-state index is 10.7. The lowest BCUT2D eigenvalue weighted by Gasteiger charge is -1.93. The maximum Gasteiger partial charge on any atom is 0.271 e. The molecule has 2 N–H and O–H groups in total. The summed E-state index contributed by atoms with van der Waals surface area (Å²) < 4.78 is 0. The smallest absolute Gasteiger partial charge is 0.271 e. The zero-order valence-electron chi connectivity index (χ0n) is 17.5. The molecule has 10 nitrogen and oxygen atoms in total. The molecule has 34 heavy (non-hydrogen) atoms. The Hall–Kier alpha value is -4.64. The first-order valence-electron chi connectivity index (χ1n) is 10.2. The Morgan fingerprint density at radius 1 is 0.853 bits per heavy atom. The number of fused-ring (bicyclic) bond motifs is 2. The van der Waals surface area contributed by atoms with E-state index < -0.39 is 9.85 Å². The number of hydrogen-bond donors (Lipinski definition) is 2. The molecule has 0 saturated carbocycles. The SMILES string of the molecule is O=[N+]([O-])c1ccc2nc(-c3cccs3)[nH]c2c1.O=[N+]([O-])c1ccc2nc(C3=CC=CC3)[nH]c2c1. The van der Waals surface area contributed by atoms with Crippen LogP contribution in [0.2, 0.25) is 0 Å². The van der Waals surface area contributed by atoms with Crippen LogP contribution in [0.4, 0.5) is 11.4 Å². The molecule has 3 aromatic heterocycles. The van der Waals surface area contributed by atoms with Gasteiger partial charge < -0.3 is 9.97 Å². The Bertz CT molecular complexity index is 1600. The van der Waals surface area contributed by atoms with E-state index in [1.165, 1.54) is 24.3 Å². The van der Waals surface area contributed by atoms with E-state index in [1.807, 2.05) is 35.7 Å². The topological polar surface area (TPSA) is 144 Å². The summed E-state index contributed by atoms with van der Waals surface area (Å²) in [5.74, 6) is 1.53.